The third-order valence-electron chi connectivity index (χ3n) is 6.58. The molecule has 1 saturated heterocycles. The summed E-state index contributed by atoms with van der Waals surface area (Å²) in [5.74, 6) is 0.572. The molecule has 1 aromatic carbocycles. The minimum atomic E-state index is -0.527. The van der Waals surface area contributed by atoms with Gasteiger partial charge in [0.25, 0.3) is 0 Å². The molecule has 4 aromatic rings. The molecule has 0 spiro atoms. The molecule has 1 aliphatic heterocycles. The van der Waals surface area contributed by atoms with Crippen LogP contribution in [0.25, 0.3) is 22.2 Å². The van der Waals surface area contributed by atoms with Crippen molar-refractivity contribution < 1.29 is 13.6 Å². The molecule has 0 saturated carbocycles. The van der Waals surface area contributed by atoms with Crippen molar-refractivity contribution in [1.29, 1.82) is 0 Å². The lowest BCUT2D eigenvalue weighted by atomic mass is 10.0. The van der Waals surface area contributed by atoms with E-state index in [1.165, 1.54) is 6.07 Å². The van der Waals surface area contributed by atoms with Gasteiger partial charge in [0.2, 0.25) is 0 Å². The highest BCUT2D eigenvalue weighted by atomic mass is 19.1. The third-order valence-corrected chi connectivity index (χ3v) is 6.58. The van der Waals surface area contributed by atoms with Gasteiger partial charge in [-0.3, -0.25) is 14.7 Å². The maximum Gasteiger partial charge on any atom is 0.151 e. The molecule has 0 radical (unpaired) electrons. The van der Waals surface area contributed by atoms with E-state index in [9.17, 15) is 13.6 Å². The predicted octanol–water partition coefficient (Wildman–Crippen LogP) is 4.81. The lowest BCUT2D eigenvalue weighted by Gasteiger charge is -2.25. The Balaban J connectivity index is 1.38. The molecule has 0 bridgehead atoms. The van der Waals surface area contributed by atoms with Gasteiger partial charge in [0.1, 0.15) is 28.8 Å². The van der Waals surface area contributed by atoms with Crippen molar-refractivity contribution in [2.45, 2.75) is 52.6 Å². The van der Waals surface area contributed by atoms with Gasteiger partial charge in [0.15, 0.2) is 5.82 Å². The number of imidazole rings is 1. The largest absolute Gasteiger partial charge is 0.326 e. The average Bonchev–Trinajstić information content (AvgIpc) is 3.19. The first-order valence-electron chi connectivity index (χ1n) is 12.1. The number of hydrogen-bond acceptors (Lipinski definition) is 6. The number of carbonyl (C=O) groups excluding carboxylic acids is 1. The number of carbonyl (C=O) groups is 1. The number of hydrogen-bond donors (Lipinski definition) is 0. The van der Waals surface area contributed by atoms with Gasteiger partial charge in [-0.15, -0.1) is 0 Å². The van der Waals surface area contributed by atoms with Gasteiger partial charge >= 0.3 is 0 Å². The summed E-state index contributed by atoms with van der Waals surface area (Å²) in [6.07, 6.45) is 6.22. The molecular weight excluding hydrogens is 462 g/mol. The smallest absolute Gasteiger partial charge is 0.151 e. The third kappa shape index (κ3) is 4.88. The van der Waals surface area contributed by atoms with Crippen molar-refractivity contribution in [3.63, 3.8) is 0 Å². The quantitative estimate of drug-likeness (QED) is 0.386. The van der Waals surface area contributed by atoms with Crippen LogP contribution in [0.4, 0.5) is 8.78 Å². The van der Waals surface area contributed by atoms with Gasteiger partial charge in [-0.05, 0) is 44.5 Å². The normalized spacial score (nSPS) is 14.8. The number of benzene rings is 1. The van der Waals surface area contributed by atoms with E-state index < -0.39 is 11.6 Å². The van der Waals surface area contributed by atoms with Gasteiger partial charge in [-0.1, -0.05) is 0 Å². The maximum absolute atomic E-state index is 14.9. The van der Waals surface area contributed by atoms with Gasteiger partial charge in [0, 0.05) is 67.7 Å². The van der Waals surface area contributed by atoms with Gasteiger partial charge in [-0.25, -0.2) is 23.7 Å². The number of aromatic nitrogens is 5. The Kier molecular flexibility index (Phi) is 6.57. The topological polar surface area (TPSA) is 76.8 Å². The van der Waals surface area contributed by atoms with Crippen LogP contribution in [0.5, 0.6) is 0 Å². The fraction of sp³-hybridized carbons (Fsp3) is 0.370. The van der Waals surface area contributed by atoms with Gasteiger partial charge < -0.3 is 4.57 Å². The molecular formula is C27H28F2N6O. The number of halogens is 2. The highest BCUT2D eigenvalue weighted by molar-refractivity contribution is 5.83. The van der Waals surface area contributed by atoms with Crippen molar-refractivity contribution in [2.75, 3.05) is 13.1 Å². The Bertz CT molecular complexity index is 1420. The first-order valence-corrected chi connectivity index (χ1v) is 12.1. The number of piperidine rings is 1. The Hall–Kier alpha value is -3.59. The number of ketones is 1. The van der Waals surface area contributed by atoms with Crippen LogP contribution in [0.15, 0.2) is 36.8 Å². The second-order valence-corrected chi connectivity index (χ2v) is 9.60. The molecule has 3 aromatic heterocycles. The number of Topliss-reactive ketones (excluding diaryl/α,β-unsaturated/α-hetero) is 1. The second kappa shape index (κ2) is 9.81. The summed E-state index contributed by atoms with van der Waals surface area (Å²) in [5, 5.41) is 0. The van der Waals surface area contributed by atoms with Crippen LogP contribution < -0.4 is 0 Å². The van der Waals surface area contributed by atoms with E-state index in [-0.39, 0.29) is 17.1 Å². The van der Waals surface area contributed by atoms with Gasteiger partial charge in [-0.2, -0.15) is 0 Å². The summed E-state index contributed by atoms with van der Waals surface area (Å²) in [5.41, 5.74) is 3.17. The van der Waals surface area contributed by atoms with Crippen molar-refractivity contribution in [1.82, 2.24) is 29.4 Å². The molecule has 186 valence electrons. The molecule has 0 aliphatic carbocycles. The van der Waals surface area contributed by atoms with E-state index in [2.05, 4.69) is 24.8 Å². The van der Waals surface area contributed by atoms with Crippen molar-refractivity contribution >= 4 is 16.8 Å². The molecule has 0 N–H and O–H groups in total. The monoisotopic (exact) mass is 490 g/mol. The number of aryl methyl sites for hydroxylation is 1. The SMILES string of the molecule is Cc1nc2c(F)cc(-c3cc(Cc4ncc(CN5CCC(=O)CC5)cn4)ncc3F)cc2n1C(C)C. The molecule has 5 rings (SSSR count). The highest BCUT2D eigenvalue weighted by Crippen LogP contribution is 2.31. The van der Waals surface area contributed by atoms with Crippen LogP contribution >= 0.6 is 0 Å². The van der Waals surface area contributed by atoms with E-state index in [0.717, 1.165) is 24.8 Å². The van der Waals surface area contributed by atoms with Gasteiger partial charge in [0.05, 0.1) is 18.1 Å². The summed E-state index contributed by atoms with van der Waals surface area (Å²) in [4.78, 5) is 31.1. The highest BCUT2D eigenvalue weighted by Gasteiger charge is 2.19. The van der Waals surface area contributed by atoms with E-state index in [1.807, 2.05) is 25.3 Å². The molecule has 4 heterocycles. The first kappa shape index (κ1) is 24.1. The minimum absolute atomic E-state index is 0.0834. The van der Waals surface area contributed by atoms with E-state index in [1.54, 1.807) is 24.5 Å². The Labute approximate surface area is 208 Å². The van der Waals surface area contributed by atoms with Crippen LogP contribution in [0.1, 0.15) is 55.6 Å². The number of nitrogens with zero attached hydrogens (tertiary/aromatic N) is 6. The van der Waals surface area contributed by atoms with Crippen LogP contribution in [-0.4, -0.2) is 48.3 Å². The summed E-state index contributed by atoms with van der Waals surface area (Å²) in [7, 11) is 0. The molecule has 1 aliphatic rings. The fourth-order valence-corrected chi connectivity index (χ4v) is 4.81. The Morgan fingerprint density at radius 2 is 1.69 bits per heavy atom. The first-order chi connectivity index (χ1) is 17.3. The van der Waals surface area contributed by atoms with E-state index >= 15 is 0 Å². The summed E-state index contributed by atoms with van der Waals surface area (Å²) in [6.45, 7) is 8.06. The molecule has 0 unspecified atom stereocenters. The summed E-state index contributed by atoms with van der Waals surface area (Å²) >= 11 is 0. The molecule has 36 heavy (non-hydrogen) atoms. The fourth-order valence-electron chi connectivity index (χ4n) is 4.81. The Morgan fingerprint density at radius 1 is 0.972 bits per heavy atom. The van der Waals surface area contributed by atoms with Crippen molar-refractivity contribution in [3.8, 4) is 11.1 Å². The minimum Gasteiger partial charge on any atom is -0.326 e. The van der Waals surface area contributed by atoms with Crippen LogP contribution in [0, 0.1) is 18.6 Å². The molecule has 0 amide bonds. The number of pyridine rings is 1. The summed E-state index contributed by atoms with van der Waals surface area (Å²) in [6, 6.07) is 4.81. The van der Waals surface area contributed by atoms with Crippen LogP contribution in [-0.2, 0) is 17.8 Å². The number of likely N-dealkylation sites (tertiary alicyclic amines) is 1. The molecule has 0 atom stereocenters. The zero-order chi connectivity index (χ0) is 25.4. The lowest BCUT2D eigenvalue weighted by molar-refractivity contribution is -0.121. The second-order valence-electron chi connectivity index (χ2n) is 9.60. The van der Waals surface area contributed by atoms with E-state index in [4.69, 9.17) is 0 Å². The lowest BCUT2D eigenvalue weighted by Crippen LogP contribution is -2.33. The maximum atomic E-state index is 14.9. The molecule has 1 fully saturated rings. The standard InChI is InChI=1S/C27H28F2N6O/c1-16(2)35-17(3)33-27-23(28)8-19(9-25(27)35)22-10-20(30-14-24(22)29)11-26-31-12-18(13-32-26)15-34-6-4-21(36)5-7-34/h8-10,12-14,16H,4-7,11,15H2,1-3H3. The van der Waals surface area contributed by atoms with E-state index in [0.29, 0.717) is 60.0 Å². The number of fused-ring (bicyclic) bond motifs is 1. The van der Waals surface area contributed by atoms with Crippen LogP contribution in [0.2, 0.25) is 0 Å². The predicted molar refractivity (Wildman–Crippen MR) is 132 cm³/mol. The zero-order valence-corrected chi connectivity index (χ0v) is 20.6. The number of rotatable bonds is 6. The summed E-state index contributed by atoms with van der Waals surface area (Å²) < 4.78 is 31.7. The van der Waals surface area contributed by atoms with Crippen LogP contribution in [0.3, 0.4) is 0 Å². The average molecular weight is 491 g/mol. The Morgan fingerprint density at radius 3 is 2.39 bits per heavy atom. The zero-order valence-electron chi connectivity index (χ0n) is 20.6. The van der Waals surface area contributed by atoms with Crippen molar-refractivity contribution in [2.24, 2.45) is 0 Å². The molecule has 9 heteroatoms. The molecule has 7 nitrogen and oxygen atoms in total. The van der Waals surface area contributed by atoms with Crippen molar-refractivity contribution in [3.05, 3.63) is 71.3 Å².